The van der Waals surface area contributed by atoms with Crippen LogP contribution in [-0.4, -0.2) is 27.0 Å². The number of aromatic nitrogens is 2. The Bertz CT molecular complexity index is 394. The number of nitrogens with zero attached hydrogens (tertiary/aromatic N) is 2. The van der Waals surface area contributed by atoms with E-state index in [1.54, 1.807) is 6.92 Å². The van der Waals surface area contributed by atoms with Crippen LogP contribution in [0.1, 0.15) is 19.2 Å². The maximum atomic E-state index is 12.2. The lowest BCUT2D eigenvalue weighted by Gasteiger charge is -2.09. The highest BCUT2D eigenvalue weighted by Crippen LogP contribution is 2.28. The predicted octanol–water partition coefficient (Wildman–Crippen LogP) is 2.08. The van der Waals surface area contributed by atoms with Crippen molar-refractivity contribution in [2.45, 2.75) is 19.5 Å². The number of anilines is 1. The monoisotopic (exact) mass is 269 g/mol. The van der Waals surface area contributed by atoms with Crippen LogP contribution in [0.5, 0.6) is 0 Å². The Morgan fingerprint density at radius 2 is 2.24 bits per heavy atom. The lowest BCUT2D eigenvalue weighted by atomic mass is 10.1. The number of carboxylic acid groups (broad SMARTS) is 1. The SMILES string of the molecule is CCC(CNc1nc(C(F)(F)F)ns1)C(=O)O. The van der Waals surface area contributed by atoms with Crippen molar-refractivity contribution in [3.8, 4) is 0 Å². The number of hydrogen-bond donors (Lipinski definition) is 2. The van der Waals surface area contributed by atoms with Gasteiger partial charge in [0.05, 0.1) is 5.92 Å². The molecule has 0 bridgehead atoms. The number of aliphatic carboxylic acids is 1. The Balaban J connectivity index is 2.58. The summed E-state index contributed by atoms with van der Waals surface area (Å²) in [6.45, 7) is 1.71. The van der Waals surface area contributed by atoms with Crippen LogP contribution in [0.4, 0.5) is 18.3 Å². The molecule has 1 aromatic rings. The van der Waals surface area contributed by atoms with Crippen LogP contribution in [0.15, 0.2) is 0 Å². The minimum absolute atomic E-state index is 0.0261. The van der Waals surface area contributed by atoms with E-state index in [4.69, 9.17) is 5.11 Å². The van der Waals surface area contributed by atoms with Crippen LogP contribution < -0.4 is 5.32 Å². The fraction of sp³-hybridized carbons (Fsp3) is 0.625. The van der Waals surface area contributed by atoms with Gasteiger partial charge in [-0.15, -0.1) is 0 Å². The molecule has 9 heteroatoms. The Morgan fingerprint density at radius 3 is 2.65 bits per heavy atom. The first-order valence-corrected chi connectivity index (χ1v) is 5.49. The van der Waals surface area contributed by atoms with Gasteiger partial charge in [0.15, 0.2) is 0 Å². The smallest absolute Gasteiger partial charge is 0.452 e. The van der Waals surface area contributed by atoms with Gasteiger partial charge in [-0.05, 0) is 6.42 Å². The van der Waals surface area contributed by atoms with E-state index in [1.165, 1.54) is 0 Å². The summed E-state index contributed by atoms with van der Waals surface area (Å²) < 4.78 is 39.6. The zero-order valence-corrected chi connectivity index (χ0v) is 9.60. The van der Waals surface area contributed by atoms with E-state index in [0.29, 0.717) is 18.0 Å². The van der Waals surface area contributed by atoms with Gasteiger partial charge in [0.1, 0.15) is 0 Å². The van der Waals surface area contributed by atoms with Crippen LogP contribution in [0.3, 0.4) is 0 Å². The second-order valence-electron chi connectivity index (χ2n) is 3.25. The number of halogens is 3. The summed E-state index contributed by atoms with van der Waals surface area (Å²) in [6.07, 6.45) is -4.19. The second-order valence-corrected chi connectivity index (χ2v) is 4.00. The molecular weight excluding hydrogens is 259 g/mol. The average Bonchev–Trinajstić information content (AvgIpc) is 2.66. The minimum Gasteiger partial charge on any atom is -0.481 e. The molecule has 0 spiro atoms. The lowest BCUT2D eigenvalue weighted by molar-refractivity contribution is -0.144. The summed E-state index contributed by atoms with van der Waals surface area (Å²) in [4.78, 5) is 13.9. The van der Waals surface area contributed by atoms with Gasteiger partial charge >= 0.3 is 12.1 Å². The van der Waals surface area contributed by atoms with Crippen LogP contribution in [0, 0.1) is 5.92 Å². The van der Waals surface area contributed by atoms with E-state index in [2.05, 4.69) is 14.7 Å². The van der Waals surface area contributed by atoms with Gasteiger partial charge in [0, 0.05) is 18.1 Å². The zero-order chi connectivity index (χ0) is 13.1. The summed E-state index contributed by atoms with van der Waals surface area (Å²) in [5.74, 6) is -2.87. The summed E-state index contributed by atoms with van der Waals surface area (Å²) in [5.41, 5.74) is 0. The molecule has 1 heterocycles. The van der Waals surface area contributed by atoms with E-state index < -0.39 is 23.9 Å². The Hall–Kier alpha value is -1.38. The molecule has 0 amide bonds. The first-order valence-electron chi connectivity index (χ1n) is 4.72. The van der Waals surface area contributed by atoms with Gasteiger partial charge in [-0.3, -0.25) is 4.79 Å². The van der Waals surface area contributed by atoms with Crippen molar-refractivity contribution >= 4 is 22.6 Å². The summed E-state index contributed by atoms with van der Waals surface area (Å²) >= 11 is 0.555. The molecule has 0 aliphatic rings. The number of rotatable bonds is 5. The molecule has 0 fully saturated rings. The van der Waals surface area contributed by atoms with Gasteiger partial charge < -0.3 is 10.4 Å². The third-order valence-electron chi connectivity index (χ3n) is 2.02. The summed E-state index contributed by atoms with van der Waals surface area (Å²) in [5, 5.41) is 11.2. The number of carboxylic acids is 1. The number of alkyl halides is 3. The van der Waals surface area contributed by atoms with Crippen LogP contribution >= 0.6 is 11.5 Å². The van der Waals surface area contributed by atoms with Crippen LogP contribution in [-0.2, 0) is 11.0 Å². The van der Waals surface area contributed by atoms with E-state index in [1.807, 2.05) is 0 Å². The van der Waals surface area contributed by atoms with Gasteiger partial charge in [0.25, 0.3) is 0 Å². The molecule has 1 atom stereocenters. The van der Waals surface area contributed by atoms with Crippen molar-refractivity contribution in [1.82, 2.24) is 9.36 Å². The molecule has 0 radical (unpaired) electrons. The quantitative estimate of drug-likeness (QED) is 0.856. The molecule has 1 unspecified atom stereocenters. The minimum atomic E-state index is -4.58. The fourth-order valence-corrected chi connectivity index (χ4v) is 1.62. The summed E-state index contributed by atoms with van der Waals surface area (Å²) in [6, 6.07) is 0. The highest BCUT2D eigenvalue weighted by Gasteiger charge is 2.36. The van der Waals surface area contributed by atoms with Gasteiger partial charge in [-0.25, -0.2) is 0 Å². The normalized spacial score (nSPS) is 13.4. The molecule has 2 N–H and O–H groups in total. The highest BCUT2D eigenvalue weighted by atomic mass is 32.1. The first kappa shape index (κ1) is 13.7. The van der Waals surface area contributed by atoms with E-state index in [0.717, 1.165) is 0 Å². The standard InChI is InChI=1S/C8H10F3N3O2S/c1-2-4(5(15)16)3-12-7-13-6(14-17-7)8(9,10)11/h4H,2-3H2,1H3,(H,15,16)(H,12,13,14). The molecule has 96 valence electrons. The molecule has 0 saturated carbocycles. The zero-order valence-electron chi connectivity index (χ0n) is 8.78. The molecule has 1 rings (SSSR count). The highest BCUT2D eigenvalue weighted by molar-refractivity contribution is 7.09. The van der Waals surface area contributed by atoms with Crippen molar-refractivity contribution in [3.63, 3.8) is 0 Å². The van der Waals surface area contributed by atoms with Gasteiger partial charge in [-0.2, -0.15) is 22.5 Å². The Kier molecular flexibility index (Phi) is 4.27. The number of hydrogen-bond acceptors (Lipinski definition) is 5. The van der Waals surface area contributed by atoms with Crippen LogP contribution in [0.2, 0.25) is 0 Å². The molecule has 0 saturated heterocycles. The molecule has 0 aliphatic carbocycles. The van der Waals surface area contributed by atoms with Crippen molar-refractivity contribution in [3.05, 3.63) is 5.82 Å². The molecule has 5 nitrogen and oxygen atoms in total. The maximum Gasteiger partial charge on any atom is 0.452 e. The van der Waals surface area contributed by atoms with Crippen molar-refractivity contribution in [2.24, 2.45) is 5.92 Å². The first-order chi connectivity index (χ1) is 7.84. The Labute approximate surface area is 98.8 Å². The Morgan fingerprint density at radius 1 is 1.59 bits per heavy atom. The number of carbonyl (C=O) groups is 1. The molecular formula is C8H10F3N3O2S. The van der Waals surface area contributed by atoms with E-state index >= 15 is 0 Å². The maximum absolute atomic E-state index is 12.2. The van der Waals surface area contributed by atoms with Crippen molar-refractivity contribution in [1.29, 1.82) is 0 Å². The third-order valence-corrected chi connectivity index (χ3v) is 2.69. The van der Waals surface area contributed by atoms with Gasteiger partial charge in [0.2, 0.25) is 11.0 Å². The lowest BCUT2D eigenvalue weighted by Crippen LogP contribution is -2.22. The molecule has 17 heavy (non-hydrogen) atoms. The average molecular weight is 269 g/mol. The predicted molar refractivity (Wildman–Crippen MR) is 54.8 cm³/mol. The third kappa shape index (κ3) is 3.84. The molecule has 0 aliphatic heterocycles. The fourth-order valence-electron chi connectivity index (χ4n) is 1.03. The summed E-state index contributed by atoms with van der Waals surface area (Å²) in [7, 11) is 0. The topological polar surface area (TPSA) is 75.1 Å². The van der Waals surface area contributed by atoms with Gasteiger partial charge in [-0.1, -0.05) is 6.92 Å². The van der Waals surface area contributed by atoms with Crippen molar-refractivity contribution < 1.29 is 23.1 Å². The largest absolute Gasteiger partial charge is 0.481 e. The molecule has 0 aromatic carbocycles. The van der Waals surface area contributed by atoms with Crippen LogP contribution in [0.25, 0.3) is 0 Å². The molecule has 1 aromatic heterocycles. The second kappa shape index (κ2) is 5.30. The van der Waals surface area contributed by atoms with E-state index in [-0.39, 0.29) is 11.7 Å². The van der Waals surface area contributed by atoms with E-state index in [9.17, 15) is 18.0 Å². The van der Waals surface area contributed by atoms with Crippen molar-refractivity contribution in [2.75, 3.05) is 11.9 Å². The number of nitrogens with one attached hydrogen (secondary N) is 1.